The number of aliphatic hydroxyl groups excluding tert-OH is 1. The minimum Gasteiger partial charge on any atom is -0.490 e. The predicted molar refractivity (Wildman–Crippen MR) is 260 cm³/mol. The standard InChI is InChI=1S/C46H56O11.C8H10.CH2O/c1-6-56-45(49)41-30-37(11-14-44(41)57-26-25-54-22-21-52-18-17-50-5)46(42-27-32(2)7-12-38(42)39-13-8-33(3)28-43(39)46)36-10-9-35(40(29-36)34(4)48)31-55-24-23-53-20-19-51-16-15-47;1-7-4-3-5-8(2)6-7;1-2/h7-14,27-30,47H,6,15-26,31H2,1-5H3;3-6H,1-2H3;1H2. The lowest BCUT2D eigenvalue weighted by atomic mass is 9.66. The molecular formula is C55H68O12. The first-order valence-corrected chi connectivity index (χ1v) is 22.7. The van der Waals surface area contributed by atoms with E-state index in [9.17, 15) is 9.59 Å². The second-order valence-corrected chi connectivity index (χ2v) is 15.9. The van der Waals surface area contributed by atoms with Gasteiger partial charge in [0.15, 0.2) is 5.78 Å². The summed E-state index contributed by atoms with van der Waals surface area (Å²) in [7, 11) is 1.63. The van der Waals surface area contributed by atoms with Crippen LogP contribution < -0.4 is 4.74 Å². The summed E-state index contributed by atoms with van der Waals surface area (Å²) >= 11 is 0. The fourth-order valence-corrected chi connectivity index (χ4v) is 8.03. The van der Waals surface area contributed by atoms with Crippen molar-refractivity contribution in [3.8, 4) is 16.9 Å². The highest BCUT2D eigenvalue weighted by Gasteiger charge is 2.47. The van der Waals surface area contributed by atoms with Crippen LogP contribution in [-0.2, 0) is 50.0 Å². The third kappa shape index (κ3) is 15.0. The van der Waals surface area contributed by atoms with E-state index in [-0.39, 0.29) is 38.8 Å². The molecule has 0 aromatic heterocycles. The van der Waals surface area contributed by atoms with Crippen molar-refractivity contribution in [2.75, 3.05) is 93.0 Å². The van der Waals surface area contributed by atoms with E-state index in [4.69, 9.17) is 47.8 Å². The average Bonchev–Trinajstić information content (AvgIpc) is 3.60. The fourth-order valence-electron chi connectivity index (χ4n) is 8.03. The van der Waals surface area contributed by atoms with E-state index < -0.39 is 11.4 Å². The van der Waals surface area contributed by atoms with E-state index in [1.54, 1.807) is 21.0 Å². The zero-order valence-corrected chi connectivity index (χ0v) is 40.3. The van der Waals surface area contributed by atoms with Crippen molar-refractivity contribution in [3.63, 3.8) is 0 Å². The Morgan fingerprint density at radius 3 is 1.57 bits per heavy atom. The van der Waals surface area contributed by atoms with E-state index in [1.807, 2.05) is 37.1 Å². The smallest absolute Gasteiger partial charge is 0.341 e. The van der Waals surface area contributed by atoms with Gasteiger partial charge in [-0.25, -0.2) is 4.79 Å². The molecule has 0 heterocycles. The molecule has 12 nitrogen and oxygen atoms in total. The van der Waals surface area contributed by atoms with Crippen LogP contribution in [-0.4, -0.2) is 117 Å². The minimum absolute atomic E-state index is 0.0279. The Morgan fingerprint density at radius 2 is 1.06 bits per heavy atom. The maximum Gasteiger partial charge on any atom is 0.341 e. The highest BCUT2D eigenvalue weighted by Crippen LogP contribution is 2.57. The fraction of sp³-hybridized carbons (Fsp3) is 0.400. The molecule has 0 saturated carbocycles. The lowest BCUT2D eigenvalue weighted by Crippen LogP contribution is -2.30. The number of ketones is 1. The molecule has 1 aliphatic rings. The first kappa shape index (κ1) is 54.0. The number of esters is 1. The van der Waals surface area contributed by atoms with E-state index >= 15 is 0 Å². The predicted octanol–water partition coefficient (Wildman–Crippen LogP) is 8.76. The van der Waals surface area contributed by atoms with Gasteiger partial charge in [0.25, 0.3) is 0 Å². The molecule has 0 unspecified atom stereocenters. The van der Waals surface area contributed by atoms with Crippen molar-refractivity contribution in [2.45, 2.75) is 53.6 Å². The minimum atomic E-state index is -0.913. The quantitative estimate of drug-likeness (QED) is 0.0333. The van der Waals surface area contributed by atoms with Crippen LogP contribution in [0.25, 0.3) is 11.1 Å². The number of rotatable bonds is 25. The third-order valence-corrected chi connectivity index (χ3v) is 11.0. The third-order valence-electron chi connectivity index (χ3n) is 11.0. The van der Waals surface area contributed by atoms with Crippen molar-refractivity contribution in [3.05, 3.63) is 158 Å². The van der Waals surface area contributed by atoms with Crippen LogP contribution in [0.3, 0.4) is 0 Å². The summed E-state index contributed by atoms with van der Waals surface area (Å²) in [6.45, 7) is 18.2. The number of benzene rings is 5. The molecule has 1 N–H and O–H groups in total. The van der Waals surface area contributed by atoms with Gasteiger partial charge in [0.2, 0.25) is 0 Å². The molecular weight excluding hydrogens is 853 g/mol. The molecule has 67 heavy (non-hydrogen) atoms. The number of aryl methyl sites for hydroxylation is 4. The van der Waals surface area contributed by atoms with Crippen LogP contribution >= 0.6 is 0 Å². The summed E-state index contributed by atoms with van der Waals surface area (Å²) in [5.41, 5.74) is 11.5. The zero-order valence-electron chi connectivity index (χ0n) is 40.3. The zero-order chi connectivity index (χ0) is 48.6. The monoisotopic (exact) mass is 920 g/mol. The van der Waals surface area contributed by atoms with E-state index in [0.29, 0.717) is 76.3 Å². The summed E-state index contributed by atoms with van der Waals surface area (Å²) in [5.74, 6) is -0.199. The van der Waals surface area contributed by atoms with Gasteiger partial charge in [0, 0.05) is 12.7 Å². The van der Waals surface area contributed by atoms with Gasteiger partial charge >= 0.3 is 5.97 Å². The van der Waals surface area contributed by atoms with Crippen LogP contribution in [0.1, 0.15) is 84.6 Å². The molecule has 0 radical (unpaired) electrons. The Labute approximate surface area is 396 Å². The Morgan fingerprint density at radius 1 is 0.567 bits per heavy atom. The number of carbonyl (C=O) groups is 3. The van der Waals surface area contributed by atoms with Crippen molar-refractivity contribution in [1.82, 2.24) is 0 Å². The van der Waals surface area contributed by atoms with Gasteiger partial charge in [0.1, 0.15) is 24.7 Å². The topological polar surface area (TPSA) is 145 Å². The molecule has 0 amide bonds. The normalized spacial score (nSPS) is 11.9. The van der Waals surface area contributed by atoms with E-state index in [0.717, 1.165) is 50.1 Å². The first-order chi connectivity index (χ1) is 32.5. The number of hydrogen-bond donors (Lipinski definition) is 1. The van der Waals surface area contributed by atoms with Gasteiger partial charge < -0.3 is 47.8 Å². The summed E-state index contributed by atoms with van der Waals surface area (Å²) in [5, 5.41) is 8.85. The highest BCUT2D eigenvalue weighted by molar-refractivity contribution is 5.97. The number of hydrogen-bond acceptors (Lipinski definition) is 12. The van der Waals surface area contributed by atoms with Gasteiger partial charge in [-0.05, 0) is 98.7 Å². The SMILES string of the molecule is C=O.CCOC(=O)c1cc(C2(c3ccc(COCCOCCOCCO)c(C(C)=O)c3)c3cc(C)ccc3-c3ccc(C)cc32)ccc1OCCOCCOCCOC.Cc1cccc(C)c1. The van der Waals surface area contributed by atoms with Crippen molar-refractivity contribution < 1.29 is 57.4 Å². The molecule has 360 valence electrons. The maximum absolute atomic E-state index is 13.7. The molecule has 0 bridgehead atoms. The Kier molecular flexibility index (Phi) is 23.0. The van der Waals surface area contributed by atoms with Gasteiger partial charge in [-0.3, -0.25) is 4.79 Å². The molecule has 0 saturated heterocycles. The number of aliphatic hydroxyl groups is 1. The number of fused-ring (bicyclic) bond motifs is 3. The number of ether oxygens (including phenoxy) is 8. The molecule has 0 spiro atoms. The van der Waals surface area contributed by atoms with Crippen LogP contribution in [0.4, 0.5) is 0 Å². The van der Waals surface area contributed by atoms with Crippen LogP contribution in [0.15, 0.2) is 97.1 Å². The maximum atomic E-state index is 13.7. The van der Waals surface area contributed by atoms with Crippen LogP contribution in [0.5, 0.6) is 5.75 Å². The van der Waals surface area contributed by atoms with Gasteiger partial charge in [-0.2, -0.15) is 0 Å². The van der Waals surface area contributed by atoms with Gasteiger partial charge in [-0.15, -0.1) is 0 Å². The summed E-state index contributed by atoms with van der Waals surface area (Å²) in [4.78, 5) is 35.1. The second kappa shape index (κ2) is 28.6. The summed E-state index contributed by atoms with van der Waals surface area (Å²) < 4.78 is 44.7. The van der Waals surface area contributed by atoms with Crippen molar-refractivity contribution in [1.29, 1.82) is 0 Å². The van der Waals surface area contributed by atoms with Crippen LogP contribution in [0, 0.1) is 27.7 Å². The average molecular weight is 921 g/mol. The van der Waals surface area contributed by atoms with Crippen molar-refractivity contribution in [2.24, 2.45) is 0 Å². The van der Waals surface area contributed by atoms with Crippen molar-refractivity contribution >= 4 is 18.5 Å². The first-order valence-electron chi connectivity index (χ1n) is 22.7. The molecule has 0 aliphatic heterocycles. The number of methoxy groups -OCH3 is 1. The molecule has 6 rings (SSSR count). The Bertz CT molecular complexity index is 2250. The molecule has 12 heteroatoms. The summed E-state index contributed by atoms with van der Waals surface area (Å²) in [6, 6.07) is 33.1. The van der Waals surface area contributed by atoms with Gasteiger partial charge in [-0.1, -0.05) is 101 Å². The molecule has 0 fully saturated rings. The van der Waals surface area contributed by atoms with Gasteiger partial charge in [0.05, 0.1) is 91.3 Å². The lowest BCUT2D eigenvalue weighted by Gasteiger charge is -2.35. The Balaban J connectivity index is 0.000000875. The second-order valence-electron chi connectivity index (χ2n) is 15.9. The Hall–Kier alpha value is -5.57. The van der Waals surface area contributed by atoms with E-state index in [2.05, 4.69) is 94.4 Å². The molecule has 0 atom stereocenters. The molecule has 1 aliphatic carbocycles. The molecule has 5 aromatic carbocycles. The van der Waals surface area contributed by atoms with Crippen LogP contribution in [0.2, 0.25) is 0 Å². The lowest BCUT2D eigenvalue weighted by molar-refractivity contribution is -0.0980. The summed E-state index contributed by atoms with van der Waals surface area (Å²) in [6.07, 6.45) is 0. The largest absolute Gasteiger partial charge is 0.490 e. The van der Waals surface area contributed by atoms with E-state index in [1.165, 1.54) is 11.1 Å². The number of carbonyl (C=O) groups excluding carboxylic acids is 3. The number of Topliss-reactive ketones (excluding diaryl/α,β-unsaturated/α-hetero) is 1. The molecule has 5 aromatic rings. The highest BCUT2D eigenvalue weighted by atomic mass is 16.6.